The maximum Gasteiger partial charge on any atom is 0.223 e. The molecule has 100 valence electrons. The first-order valence-corrected chi connectivity index (χ1v) is 5.49. The number of ether oxygens (including phenoxy) is 1. The summed E-state index contributed by atoms with van der Waals surface area (Å²) in [5.41, 5.74) is 0. The Morgan fingerprint density at radius 3 is 2.35 bits per heavy atom. The van der Waals surface area contributed by atoms with E-state index in [1.165, 1.54) is 0 Å². The maximum atomic E-state index is 11.4. The van der Waals surface area contributed by atoms with Gasteiger partial charge in [-0.1, -0.05) is 13.8 Å². The molecule has 0 aliphatic carbocycles. The molecule has 17 heavy (non-hydrogen) atoms. The van der Waals surface area contributed by atoms with Crippen molar-refractivity contribution in [3.8, 4) is 0 Å². The average Bonchev–Trinajstić information content (AvgIpc) is 2.28. The number of aliphatic hydroxyl groups excluding tert-OH is 4. The third-order valence-electron chi connectivity index (χ3n) is 2.73. The summed E-state index contributed by atoms with van der Waals surface area (Å²) < 4.78 is 4.89. The van der Waals surface area contributed by atoms with Crippen LogP contribution in [0.4, 0.5) is 0 Å². The second kappa shape index (κ2) is 5.74. The van der Waals surface area contributed by atoms with E-state index in [1.54, 1.807) is 13.8 Å². The minimum absolute atomic E-state index is 0.317. The lowest BCUT2D eigenvalue weighted by Gasteiger charge is -2.40. The van der Waals surface area contributed by atoms with E-state index < -0.39 is 37.3 Å². The summed E-state index contributed by atoms with van der Waals surface area (Å²) in [4.78, 5) is 11.4. The monoisotopic (exact) mass is 249 g/mol. The number of carbonyl (C=O) groups is 1. The van der Waals surface area contributed by atoms with Crippen LogP contribution in [0.25, 0.3) is 0 Å². The van der Waals surface area contributed by atoms with Crippen LogP contribution < -0.4 is 5.32 Å². The smallest absolute Gasteiger partial charge is 0.223 e. The molecular formula is C10H19NO6. The summed E-state index contributed by atoms with van der Waals surface area (Å²) >= 11 is 0. The topological polar surface area (TPSA) is 119 Å². The van der Waals surface area contributed by atoms with Crippen molar-refractivity contribution in [2.45, 2.75) is 44.5 Å². The summed E-state index contributed by atoms with van der Waals surface area (Å²) in [5, 5.41) is 40.1. The van der Waals surface area contributed by atoms with Crippen molar-refractivity contribution in [2.24, 2.45) is 5.92 Å². The largest absolute Gasteiger partial charge is 0.394 e. The zero-order chi connectivity index (χ0) is 13.2. The van der Waals surface area contributed by atoms with Gasteiger partial charge in [0.1, 0.15) is 24.4 Å². The number of amides is 1. The van der Waals surface area contributed by atoms with E-state index in [0.29, 0.717) is 0 Å². The van der Waals surface area contributed by atoms with Gasteiger partial charge in [-0.3, -0.25) is 4.79 Å². The number of nitrogens with one attached hydrogen (secondary N) is 1. The first-order valence-electron chi connectivity index (χ1n) is 5.49. The molecule has 0 aromatic carbocycles. The van der Waals surface area contributed by atoms with E-state index in [1.807, 2.05) is 0 Å². The molecule has 0 aromatic rings. The van der Waals surface area contributed by atoms with Crippen molar-refractivity contribution in [1.82, 2.24) is 5.32 Å². The van der Waals surface area contributed by atoms with Crippen molar-refractivity contribution in [3.05, 3.63) is 0 Å². The Bertz CT molecular complexity index is 272. The minimum atomic E-state index is -1.46. The van der Waals surface area contributed by atoms with Crippen molar-refractivity contribution >= 4 is 5.91 Å². The van der Waals surface area contributed by atoms with Crippen molar-refractivity contribution in [1.29, 1.82) is 0 Å². The molecule has 0 spiro atoms. The van der Waals surface area contributed by atoms with Crippen LogP contribution in [0, 0.1) is 5.92 Å². The van der Waals surface area contributed by atoms with E-state index in [0.717, 1.165) is 0 Å². The number of hydrogen-bond acceptors (Lipinski definition) is 6. The number of carbonyl (C=O) groups excluding carboxylic acids is 1. The molecule has 7 nitrogen and oxygen atoms in total. The molecule has 0 unspecified atom stereocenters. The van der Waals surface area contributed by atoms with Crippen LogP contribution in [0.1, 0.15) is 13.8 Å². The lowest BCUT2D eigenvalue weighted by atomic mass is 9.96. The zero-order valence-electron chi connectivity index (χ0n) is 9.78. The fraction of sp³-hybridized carbons (Fsp3) is 0.900. The Labute approximate surface area is 99.0 Å². The number of rotatable bonds is 3. The zero-order valence-corrected chi connectivity index (χ0v) is 9.78. The predicted molar refractivity (Wildman–Crippen MR) is 56.7 cm³/mol. The summed E-state index contributed by atoms with van der Waals surface area (Å²) in [6, 6.07) is -1.11. The predicted octanol–water partition coefficient (Wildman–Crippen LogP) is -2.44. The maximum absolute atomic E-state index is 11.4. The van der Waals surface area contributed by atoms with Gasteiger partial charge in [-0.2, -0.15) is 0 Å². The Morgan fingerprint density at radius 1 is 1.29 bits per heavy atom. The van der Waals surface area contributed by atoms with Crippen LogP contribution in [-0.2, 0) is 9.53 Å². The highest BCUT2D eigenvalue weighted by Gasteiger charge is 2.44. The second-order valence-corrected chi connectivity index (χ2v) is 4.42. The van der Waals surface area contributed by atoms with E-state index >= 15 is 0 Å². The van der Waals surface area contributed by atoms with Crippen molar-refractivity contribution in [3.63, 3.8) is 0 Å². The van der Waals surface area contributed by atoms with Crippen LogP contribution in [-0.4, -0.2) is 63.6 Å². The fourth-order valence-corrected chi connectivity index (χ4v) is 1.58. The molecule has 0 saturated carbocycles. The van der Waals surface area contributed by atoms with Gasteiger partial charge < -0.3 is 30.5 Å². The van der Waals surface area contributed by atoms with Gasteiger partial charge in [-0.25, -0.2) is 0 Å². The Kier molecular flexibility index (Phi) is 4.84. The molecule has 1 fully saturated rings. The van der Waals surface area contributed by atoms with Gasteiger partial charge in [-0.15, -0.1) is 0 Å². The SMILES string of the molecule is CC(C)C(=O)N[C@H]1[C@H](O)[C@H](O)[C@H](CO)O[C@@H]1O. The fourth-order valence-electron chi connectivity index (χ4n) is 1.58. The Hall–Kier alpha value is -0.730. The van der Waals surface area contributed by atoms with Gasteiger partial charge in [0, 0.05) is 5.92 Å². The lowest BCUT2D eigenvalue weighted by Crippen LogP contribution is -2.64. The molecule has 1 aliphatic heterocycles. The molecule has 1 amide bonds. The van der Waals surface area contributed by atoms with Gasteiger partial charge >= 0.3 is 0 Å². The molecule has 7 heteroatoms. The van der Waals surface area contributed by atoms with Crippen LogP contribution in [0.3, 0.4) is 0 Å². The summed E-state index contributed by atoms with van der Waals surface area (Å²) in [6.45, 7) is 2.79. The first-order chi connectivity index (χ1) is 7.88. The average molecular weight is 249 g/mol. The highest BCUT2D eigenvalue weighted by atomic mass is 16.6. The van der Waals surface area contributed by atoms with Gasteiger partial charge in [-0.05, 0) is 0 Å². The minimum Gasteiger partial charge on any atom is -0.394 e. The second-order valence-electron chi connectivity index (χ2n) is 4.42. The third-order valence-corrected chi connectivity index (χ3v) is 2.73. The molecule has 5 atom stereocenters. The third kappa shape index (κ3) is 3.14. The number of hydrogen-bond donors (Lipinski definition) is 5. The Morgan fingerprint density at radius 2 is 1.88 bits per heavy atom. The molecule has 1 heterocycles. The first kappa shape index (κ1) is 14.3. The van der Waals surface area contributed by atoms with Gasteiger partial charge in [0.15, 0.2) is 6.29 Å². The van der Waals surface area contributed by atoms with Crippen LogP contribution in [0.2, 0.25) is 0 Å². The Balaban J connectivity index is 2.69. The quantitative estimate of drug-likeness (QED) is 0.379. The normalized spacial score (nSPS) is 38.2. The van der Waals surface area contributed by atoms with E-state index in [4.69, 9.17) is 9.84 Å². The van der Waals surface area contributed by atoms with Crippen molar-refractivity contribution < 1.29 is 30.0 Å². The molecular weight excluding hydrogens is 230 g/mol. The molecule has 0 radical (unpaired) electrons. The van der Waals surface area contributed by atoms with Crippen LogP contribution in [0.5, 0.6) is 0 Å². The number of aliphatic hydroxyl groups is 4. The van der Waals surface area contributed by atoms with E-state index in [2.05, 4.69) is 5.32 Å². The highest BCUT2D eigenvalue weighted by Crippen LogP contribution is 2.19. The van der Waals surface area contributed by atoms with E-state index in [-0.39, 0.29) is 11.8 Å². The summed E-state index contributed by atoms with van der Waals surface area (Å²) in [6.07, 6.45) is -5.28. The molecule has 0 aromatic heterocycles. The standard InChI is InChI=1S/C10H19NO6/c1-4(2)9(15)11-6-8(14)7(13)5(3-12)17-10(6)16/h4-8,10,12-14,16H,3H2,1-2H3,(H,11,15)/t5-,6-,7+,8-,10-/m0/s1. The van der Waals surface area contributed by atoms with Crippen molar-refractivity contribution in [2.75, 3.05) is 6.61 Å². The molecule has 1 saturated heterocycles. The van der Waals surface area contributed by atoms with E-state index in [9.17, 15) is 20.1 Å². The van der Waals surface area contributed by atoms with Crippen LogP contribution >= 0.6 is 0 Å². The molecule has 1 rings (SSSR count). The summed E-state index contributed by atoms with van der Waals surface area (Å²) in [7, 11) is 0. The highest BCUT2D eigenvalue weighted by molar-refractivity contribution is 5.78. The molecule has 0 bridgehead atoms. The molecule has 1 aliphatic rings. The van der Waals surface area contributed by atoms with Gasteiger partial charge in [0.2, 0.25) is 5.91 Å². The van der Waals surface area contributed by atoms with Gasteiger partial charge in [0.25, 0.3) is 0 Å². The lowest BCUT2D eigenvalue weighted by molar-refractivity contribution is -0.254. The summed E-state index contributed by atoms with van der Waals surface area (Å²) in [5.74, 6) is -0.687. The van der Waals surface area contributed by atoms with Gasteiger partial charge in [0.05, 0.1) is 6.61 Å². The van der Waals surface area contributed by atoms with Crippen LogP contribution in [0.15, 0.2) is 0 Å². The molecule has 5 N–H and O–H groups in total.